The van der Waals surface area contributed by atoms with Gasteiger partial charge >= 0.3 is 5.97 Å². The fourth-order valence-electron chi connectivity index (χ4n) is 2.59. The average molecular weight is 432 g/mol. The summed E-state index contributed by atoms with van der Waals surface area (Å²) in [5.41, 5.74) is 4.48. The smallest absolute Gasteiger partial charge is 0.339 e. The van der Waals surface area contributed by atoms with Crippen LogP contribution >= 0.6 is 0 Å². The summed E-state index contributed by atoms with van der Waals surface area (Å²) < 4.78 is 28.0. The van der Waals surface area contributed by atoms with Crippen LogP contribution in [0.1, 0.15) is 17.3 Å². The molecule has 30 heavy (non-hydrogen) atoms. The molecule has 158 valence electrons. The Labute approximate surface area is 175 Å². The Morgan fingerprint density at radius 3 is 2.53 bits per heavy atom. The zero-order chi connectivity index (χ0) is 21.5. The SMILES string of the molecule is CC[S@](=O)c1ccccc1C(=O)OCC(=O)NNC(=O)[C@H]1COc2ccccc2O1. The second kappa shape index (κ2) is 9.88. The molecule has 0 radical (unpaired) electrons. The lowest BCUT2D eigenvalue weighted by Gasteiger charge is -2.25. The summed E-state index contributed by atoms with van der Waals surface area (Å²) in [7, 11) is -1.35. The highest BCUT2D eigenvalue weighted by Gasteiger charge is 2.27. The molecule has 2 atom stereocenters. The zero-order valence-electron chi connectivity index (χ0n) is 16.1. The number of fused-ring (bicyclic) bond motifs is 1. The van der Waals surface area contributed by atoms with Gasteiger partial charge in [-0.25, -0.2) is 4.79 Å². The summed E-state index contributed by atoms with van der Waals surface area (Å²) >= 11 is 0. The molecule has 0 bridgehead atoms. The molecule has 0 saturated carbocycles. The number of para-hydroxylation sites is 2. The van der Waals surface area contributed by atoms with Crippen LogP contribution in [0.3, 0.4) is 0 Å². The summed E-state index contributed by atoms with van der Waals surface area (Å²) in [6.45, 7) is 1.09. The Morgan fingerprint density at radius 2 is 1.77 bits per heavy atom. The Kier molecular flexibility index (Phi) is 7.02. The van der Waals surface area contributed by atoms with E-state index in [9.17, 15) is 18.6 Å². The van der Waals surface area contributed by atoms with Crippen molar-refractivity contribution >= 4 is 28.6 Å². The van der Waals surface area contributed by atoms with Crippen LogP contribution in [0.4, 0.5) is 0 Å². The molecule has 0 spiro atoms. The Hall–Kier alpha value is -3.40. The number of nitrogens with one attached hydrogen (secondary N) is 2. The van der Waals surface area contributed by atoms with Crippen LogP contribution in [0.15, 0.2) is 53.4 Å². The molecule has 2 aromatic carbocycles. The van der Waals surface area contributed by atoms with Crippen molar-refractivity contribution in [3.8, 4) is 11.5 Å². The number of carbonyl (C=O) groups is 3. The number of amides is 2. The van der Waals surface area contributed by atoms with E-state index in [1.165, 1.54) is 6.07 Å². The molecule has 0 fully saturated rings. The highest BCUT2D eigenvalue weighted by atomic mass is 32.2. The van der Waals surface area contributed by atoms with Crippen LogP contribution in [0.2, 0.25) is 0 Å². The maximum absolute atomic E-state index is 12.2. The fraction of sp³-hybridized carbons (Fsp3) is 0.250. The van der Waals surface area contributed by atoms with Gasteiger partial charge in [0.05, 0.1) is 21.3 Å². The molecule has 2 N–H and O–H groups in total. The van der Waals surface area contributed by atoms with Crippen molar-refractivity contribution in [2.75, 3.05) is 19.0 Å². The quantitative estimate of drug-likeness (QED) is 0.515. The molecule has 0 saturated heterocycles. The van der Waals surface area contributed by atoms with Gasteiger partial charge < -0.3 is 14.2 Å². The molecule has 9 nitrogen and oxygen atoms in total. The number of carbonyl (C=O) groups excluding carboxylic acids is 3. The highest BCUT2D eigenvalue weighted by Crippen LogP contribution is 2.30. The Balaban J connectivity index is 1.47. The fourth-order valence-corrected chi connectivity index (χ4v) is 3.53. The summed E-state index contributed by atoms with van der Waals surface area (Å²) in [5.74, 6) is -0.854. The van der Waals surface area contributed by atoms with Crippen LogP contribution in [-0.4, -0.2) is 47.1 Å². The van der Waals surface area contributed by atoms with Gasteiger partial charge in [0.1, 0.15) is 6.61 Å². The number of ether oxygens (including phenoxy) is 3. The van der Waals surface area contributed by atoms with E-state index in [0.717, 1.165) is 0 Å². The van der Waals surface area contributed by atoms with Gasteiger partial charge in [-0.1, -0.05) is 31.2 Å². The molecule has 1 aliphatic heterocycles. The lowest BCUT2D eigenvalue weighted by atomic mass is 10.2. The number of hydrogen-bond acceptors (Lipinski definition) is 7. The second-order valence-corrected chi connectivity index (χ2v) is 7.82. The van der Waals surface area contributed by atoms with Crippen LogP contribution in [0, 0.1) is 0 Å². The van der Waals surface area contributed by atoms with Crippen LogP contribution in [0.25, 0.3) is 0 Å². The van der Waals surface area contributed by atoms with Crippen molar-refractivity contribution in [1.82, 2.24) is 10.9 Å². The first-order valence-electron chi connectivity index (χ1n) is 9.11. The van der Waals surface area contributed by atoms with Crippen molar-refractivity contribution in [3.63, 3.8) is 0 Å². The Bertz CT molecular complexity index is 979. The number of benzene rings is 2. The summed E-state index contributed by atoms with van der Waals surface area (Å²) in [5, 5.41) is 0. The minimum absolute atomic E-state index is 0.0148. The monoisotopic (exact) mass is 432 g/mol. The normalized spacial score (nSPS) is 15.6. The molecule has 0 aromatic heterocycles. The van der Waals surface area contributed by atoms with E-state index < -0.39 is 41.3 Å². The van der Waals surface area contributed by atoms with Gasteiger partial charge in [-0.3, -0.25) is 24.6 Å². The van der Waals surface area contributed by atoms with Gasteiger partial charge in [-0.15, -0.1) is 0 Å². The average Bonchev–Trinajstić information content (AvgIpc) is 2.80. The number of hydrazine groups is 1. The first kappa shape index (κ1) is 21.3. The number of hydrogen-bond donors (Lipinski definition) is 2. The predicted octanol–water partition coefficient (Wildman–Crippen LogP) is 0.958. The largest absolute Gasteiger partial charge is 0.485 e. The molecule has 2 amide bonds. The van der Waals surface area contributed by atoms with Crippen molar-refractivity contribution < 1.29 is 32.8 Å². The minimum Gasteiger partial charge on any atom is -0.485 e. The molecule has 0 aliphatic carbocycles. The topological polar surface area (TPSA) is 120 Å². The summed E-state index contributed by atoms with van der Waals surface area (Å²) in [6.07, 6.45) is -0.946. The third kappa shape index (κ3) is 5.15. The standard InChI is InChI=1S/C20H20N2O7S/c1-2-30(26)17-10-6-3-7-13(17)20(25)28-12-18(23)21-22-19(24)16-11-27-14-8-4-5-9-15(14)29-16/h3-10,16H,2,11-12H2,1H3,(H,21,23)(H,22,24)/t16-,30+/m1/s1. The zero-order valence-corrected chi connectivity index (χ0v) is 16.9. The lowest BCUT2D eigenvalue weighted by Crippen LogP contribution is -2.51. The molecular weight excluding hydrogens is 412 g/mol. The van der Waals surface area contributed by atoms with E-state index in [2.05, 4.69) is 10.9 Å². The van der Waals surface area contributed by atoms with Gasteiger partial charge in [0.15, 0.2) is 18.1 Å². The molecule has 1 heterocycles. The minimum atomic E-state index is -1.35. The van der Waals surface area contributed by atoms with E-state index in [1.54, 1.807) is 49.4 Å². The predicted molar refractivity (Wildman–Crippen MR) is 106 cm³/mol. The van der Waals surface area contributed by atoms with E-state index in [-0.39, 0.29) is 12.2 Å². The van der Waals surface area contributed by atoms with Gasteiger partial charge in [-0.05, 0) is 24.3 Å². The maximum atomic E-state index is 12.2. The van der Waals surface area contributed by atoms with Crippen molar-refractivity contribution in [2.24, 2.45) is 0 Å². The van der Waals surface area contributed by atoms with Crippen LogP contribution in [-0.2, 0) is 25.1 Å². The third-order valence-electron chi connectivity index (χ3n) is 4.07. The first-order valence-corrected chi connectivity index (χ1v) is 10.4. The van der Waals surface area contributed by atoms with Crippen molar-refractivity contribution in [3.05, 3.63) is 54.1 Å². The first-order chi connectivity index (χ1) is 14.5. The number of esters is 1. The van der Waals surface area contributed by atoms with E-state index in [1.807, 2.05) is 0 Å². The second-order valence-electron chi connectivity index (χ2n) is 6.11. The molecule has 3 rings (SSSR count). The van der Waals surface area contributed by atoms with E-state index in [4.69, 9.17) is 14.2 Å². The lowest BCUT2D eigenvalue weighted by molar-refractivity contribution is -0.135. The van der Waals surface area contributed by atoms with Gasteiger partial charge in [0.2, 0.25) is 6.10 Å². The molecule has 1 aliphatic rings. The molecule has 10 heteroatoms. The third-order valence-corrected chi connectivity index (χ3v) is 5.45. The van der Waals surface area contributed by atoms with Crippen molar-refractivity contribution in [1.29, 1.82) is 0 Å². The summed E-state index contributed by atoms with van der Waals surface area (Å²) in [4.78, 5) is 36.6. The van der Waals surface area contributed by atoms with Gasteiger partial charge in [-0.2, -0.15) is 0 Å². The van der Waals surface area contributed by atoms with Crippen LogP contribution in [0.5, 0.6) is 11.5 Å². The van der Waals surface area contributed by atoms with Crippen molar-refractivity contribution in [2.45, 2.75) is 17.9 Å². The molecule has 2 aromatic rings. The van der Waals surface area contributed by atoms with Gasteiger partial charge in [0, 0.05) is 5.75 Å². The maximum Gasteiger partial charge on any atom is 0.339 e. The summed E-state index contributed by atoms with van der Waals surface area (Å²) in [6, 6.07) is 13.2. The van der Waals surface area contributed by atoms with Crippen LogP contribution < -0.4 is 20.3 Å². The highest BCUT2D eigenvalue weighted by molar-refractivity contribution is 7.85. The number of rotatable bonds is 6. The van der Waals surface area contributed by atoms with E-state index in [0.29, 0.717) is 22.1 Å². The Morgan fingerprint density at radius 1 is 1.07 bits per heavy atom. The van der Waals surface area contributed by atoms with E-state index >= 15 is 0 Å². The molecule has 0 unspecified atom stereocenters. The van der Waals surface area contributed by atoms with Gasteiger partial charge in [0.25, 0.3) is 11.8 Å². The molecular formula is C20H20N2O7S.